The van der Waals surface area contributed by atoms with Crippen LogP contribution in [0.3, 0.4) is 0 Å². The number of aliphatic hydroxyl groups is 1. The molecule has 166 valence electrons. The Morgan fingerprint density at radius 1 is 1.16 bits per heavy atom. The number of benzene rings is 2. The van der Waals surface area contributed by atoms with Crippen LogP contribution < -0.4 is 0 Å². The highest BCUT2D eigenvalue weighted by Crippen LogP contribution is 2.32. The number of halogens is 2. The van der Waals surface area contributed by atoms with E-state index in [-0.39, 0.29) is 18.7 Å². The van der Waals surface area contributed by atoms with Crippen LogP contribution in [-0.2, 0) is 23.5 Å². The molecule has 32 heavy (non-hydrogen) atoms. The van der Waals surface area contributed by atoms with Crippen LogP contribution in [0.2, 0.25) is 0 Å². The molecule has 4 rings (SSSR count). The predicted molar refractivity (Wildman–Crippen MR) is 111 cm³/mol. The van der Waals surface area contributed by atoms with Crippen LogP contribution in [0.4, 0.5) is 8.78 Å². The van der Waals surface area contributed by atoms with E-state index in [1.165, 1.54) is 23.4 Å². The summed E-state index contributed by atoms with van der Waals surface area (Å²) in [5.74, 6) is -1.19. The van der Waals surface area contributed by atoms with Crippen molar-refractivity contribution in [3.05, 3.63) is 89.7 Å². The highest BCUT2D eigenvalue weighted by atomic mass is 19.1. The number of hydrogen-bond acceptors (Lipinski definition) is 6. The Bertz CT molecular complexity index is 1180. The first-order valence-corrected chi connectivity index (χ1v) is 10.00. The predicted octanol–water partition coefficient (Wildman–Crippen LogP) is 4.01. The molecule has 0 amide bonds. The molecule has 0 fully saturated rings. The topological polar surface area (TPSA) is 86.2 Å². The van der Waals surface area contributed by atoms with Gasteiger partial charge < -0.3 is 14.4 Å². The van der Waals surface area contributed by atoms with Crippen molar-refractivity contribution in [3.63, 3.8) is 0 Å². The maximum absolute atomic E-state index is 14.6. The van der Waals surface area contributed by atoms with Gasteiger partial charge in [0.15, 0.2) is 5.76 Å². The summed E-state index contributed by atoms with van der Waals surface area (Å²) < 4.78 is 40.6. The van der Waals surface area contributed by atoms with E-state index in [2.05, 4.69) is 15.2 Å². The van der Waals surface area contributed by atoms with E-state index >= 15 is 0 Å². The van der Waals surface area contributed by atoms with Gasteiger partial charge >= 0.3 is 0 Å². The fourth-order valence-corrected chi connectivity index (χ4v) is 3.42. The van der Waals surface area contributed by atoms with Gasteiger partial charge in [-0.2, -0.15) is 5.10 Å². The van der Waals surface area contributed by atoms with Gasteiger partial charge in [-0.15, -0.1) is 0 Å². The molecule has 0 saturated heterocycles. The third-order valence-electron chi connectivity index (χ3n) is 5.32. The SMILES string of the molecule is Cc1ccc(-c2cc(CO[C@H](C)[C@](O)(Cn3cncn3)c3ccc(F)cc3F)on2)cc1. The lowest BCUT2D eigenvalue weighted by Gasteiger charge is -2.34. The molecule has 0 aliphatic rings. The molecule has 0 unspecified atom stereocenters. The fraction of sp³-hybridized carbons (Fsp3) is 0.261. The molecule has 1 N–H and O–H groups in total. The first-order valence-electron chi connectivity index (χ1n) is 10.00. The summed E-state index contributed by atoms with van der Waals surface area (Å²) in [5.41, 5.74) is 0.716. The fourth-order valence-electron chi connectivity index (χ4n) is 3.42. The van der Waals surface area contributed by atoms with Crippen LogP contribution in [-0.4, -0.2) is 31.1 Å². The number of aryl methyl sites for hydroxylation is 1. The molecule has 2 atom stereocenters. The maximum Gasteiger partial charge on any atom is 0.163 e. The second kappa shape index (κ2) is 8.97. The van der Waals surface area contributed by atoms with Crippen LogP contribution in [0.1, 0.15) is 23.8 Å². The van der Waals surface area contributed by atoms with Gasteiger partial charge in [0, 0.05) is 23.3 Å². The first kappa shape index (κ1) is 21.8. The molecule has 0 aliphatic heterocycles. The zero-order valence-electron chi connectivity index (χ0n) is 17.6. The third kappa shape index (κ3) is 4.58. The quantitative estimate of drug-likeness (QED) is 0.446. The average Bonchev–Trinajstić information content (AvgIpc) is 3.44. The van der Waals surface area contributed by atoms with Crippen molar-refractivity contribution < 1.29 is 23.1 Å². The summed E-state index contributed by atoms with van der Waals surface area (Å²) in [6, 6.07) is 12.6. The number of nitrogens with zero attached hydrogens (tertiary/aromatic N) is 4. The van der Waals surface area contributed by atoms with Gasteiger partial charge in [-0.1, -0.05) is 41.1 Å². The maximum atomic E-state index is 14.6. The van der Waals surface area contributed by atoms with Crippen LogP contribution in [0.25, 0.3) is 11.3 Å². The summed E-state index contributed by atoms with van der Waals surface area (Å²) in [6.45, 7) is 3.43. The van der Waals surface area contributed by atoms with Crippen LogP contribution >= 0.6 is 0 Å². The van der Waals surface area contributed by atoms with Crippen molar-refractivity contribution in [2.75, 3.05) is 0 Å². The van der Waals surface area contributed by atoms with Crippen LogP contribution in [0.15, 0.2) is 65.7 Å². The highest BCUT2D eigenvalue weighted by molar-refractivity contribution is 5.59. The van der Waals surface area contributed by atoms with Crippen molar-refractivity contribution in [2.45, 2.75) is 38.7 Å². The second-order valence-corrected chi connectivity index (χ2v) is 7.64. The van der Waals surface area contributed by atoms with Gasteiger partial charge in [-0.3, -0.25) is 0 Å². The number of aromatic nitrogens is 4. The molecular formula is C23H22F2N4O3. The largest absolute Gasteiger partial charge is 0.380 e. The normalized spacial score (nSPS) is 14.3. The van der Waals surface area contributed by atoms with Crippen LogP contribution in [0, 0.1) is 18.6 Å². The molecule has 0 saturated carbocycles. The average molecular weight is 440 g/mol. The van der Waals surface area contributed by atoms with Crippen LogP contribution in [0.5, 0.6) is 0 Å². The van der Waals surface area contributed by atoms with Gasteiger partial charge in [-0.25, -0.2) is 18.4 Å². The van der Waals surface area contributed by atoms with E-state index in [0.29, 0.717) is 11.5 Å². The minimum atomic E-state index is -1.86. The molecule has 2 aromatic heterocycles. The molecule has 0 radical (unpaired) electrons. The van der Waals surface area contributed by atoms with Gasteiger partial charge in [0.05, 0.1) is 12.6 Å². The molecule has 2 aromatic carbocycles. The van der Waals surface area contributed by atoms with Crippen molar-refractivity contribution in [1.82, 2.24) is 19.9 Å². The Balaban J connectivity index is 1.54. The lowest BCUT2D eigenvalue weighted by molar-refractivity contribution is -0.126. The molecule has 4 aromatic rings. The number of rotatable bonds is 8. The highest BCUT2D eigenvalue weighted by Gasteiger charge is 2.40. The Labute approximate surface area is 183 Å². The summed E-state index contributed by atoms with van der Waals surface area (Å²) in [4.78, 5) is 3.85. The second-order valence-electron chi connectivity index (χ2n) is 7.64. The summed E-state index contributed by atoms with van der Waals surface area (Å²) in [5, 5.41) is 19.5. The van der Waals surface area contributed by atoms with E-state index in [0.717, 1.165) is 23.3 Å². The Hall–Kier alpha value is -3.43. The van der Waals surface area contributed by atoms with Gasteiger partial charge in [0.2, 0.25) is 0 Å². The Morgan fingerprint density at radius 3 is 2.62 bits per heavy atom. The molecule has 0 bridgehead atoms. The number of ether oxygens (including phenoxy) is 1. The monoisotopic (exact) mass is 440 g/mol. The standard InChI is InChI=1S/C23H22F2N4O3/c1-15-3-5-17(6-4-15)22-10-19(32-28-22)11-31-16(2)23(30,12-29-14-26-13-27-29)20-8-7-18(24)9-21(20)25/h3-10,13-14,16,30H,11-12H2,1-2H3/t16-,23-/m1/s1. The van der Waals surface area contributed by atoms with Gasteiger partial charge in [0.1, 0.15) is 42.2 Å². The molecule has 0 spiro atoms. The van der Waals surface area contributed by atoms with E-state index in [9.17, 15) is 13.9 Å². The minimum absolute atomic E-state index is 0.0114. The van der Waals surface area contributed by atoms with E-state index < -0.39 is 23.3 Å². The third-order valence-corrected chi connectivity index (χ3v) is 5.32. The van der Waals surface area contributed by atoms with Gasteiger partial charge in [-0.05, 0) is 19.9 Å². The lowest BCUT2D eigenvalue weighted by atomic mass is 9.88. The summed E-state index contributed by atoms with van der Waals surface area (Å²) in [7, 11) is 0. The zero-order chi connectivity index (χ0) is 22.7. The van der Waals surface area contributed by atoms with Crippen molar-refractivity contribution in [2.24, 2.45) is 0 Å². The molecule has 0 aliphatic carbocycles. The summed E-state index contributed by atoms with van der Waals surface area (Å²) in [6.07, 6.45) is 1.77. The zero-order valence-corrected chi connectivity index (χ0v) is 17.6. The Morgan fingerprint density at radius 2 is 1.94 bits per heavy atom. The molecular weight excluding hydrogens is 418 g/mol. The first-order chi connectivity index (χ1) is 15.3. The van der Waals surface area contributed by atoms with E-state index in [4.69, 9.17) is 9.26 Å². The van der Waals surface area contributed by atoms with Crippen molar-refractivity contribution in [3.8, 4) is 11.3 Å². The molecule has 7 nitrogen and oxygen atoms in total. The Kier molecular flexibility index (Phi) is 6.11. The van der Waals surface area contributed by atoms with E-state index in [1.807, 2.05) is 31.2 Å². The van der Waals surface area contributed by atoms with Gasteiger partial charge in [0.25, 0.3) is 0 Å². The summed E-state index contributed by atoms with van der Waals surface area (Å²) >= 11 is 0. The minimum Gasteiger partial charge on any atom is -0.380 e. The molecule has 2 heterocycles. The van der Waals surface area contributed by atoms with Crippen molar-refractivity contribution >= 4 is 0 Å². The number of hydrogen-bond donors (Lipinski definition) is 1. The smallest absolute Gasteiger partial charge is 0.163 e. The van der Waals surface area contributed by atoms with E-state index in [1.54, 1.807) is 13.0 Å². The lowest BCUT2D eigenvalue weighted by Crippen LogP contribution is -2.44. The van der Waals surface area contributed by atoms with Crippen molar-refractivity contribution in [1.29, 1.82) is 0 Å². The molecule has 9 heteroatoms.